The highest BCUT2D eigenvalue weighted by Gasteiger charge is 2.40. The van der Waals surface area contributed by atoms with Gasteiger partial charge in [-0.3, -0.25) is 0 Å². The van der Waals surface area contributed by atoms with Crippen molar-refractivity contribution >= 4 is 33.2 Å². The number of aliphatic carboxylic acids is 1. The molecule has 45 heavy (non-hydrogen) atoms. The number of ether oxygens (including phenoxy) is 1. The summed E-state index contributed by atoms with van der Waals surface area (Å²) in [5, 5.41) is 12.4. The van der Waals surface area contributed by atoms with E-state index in [1.54, 1.807) is 13.0 Å². The number of carboxylic acids is 1. The Labute approximate surface area is 269 Å². The van der Waals surface area contributed by atoms with Gasteiger partial charge in [-0.2, -0.15) is 0 Å². The maximum atomic E-state index is 14.0. The van der Waals surface area contributed by atoms with Crippen LogP contribution in [0.4, 0.5) is 4.39 Å². The van der Waals surface area contributed by atoms with Crippen molar-refractivity contribution in [1.82, 2.24) is 0 Å². The lowest BCUT2D eigenvalue weighted by Crippen LogP contribution is -2.52. The van der Waals surface area contributed by atoms with Gasteiger partial charge in [-0.25, -0.2) is 9.18 Å². The zero-order valence-electron chi connectivity index (χ0n) is 27.0. The number of aryl methyl sites for hydroxylation is 3. The summed E-state index contributed by atoms with van der Waals surface area (Å²) >= 11 is 0. The molecule has 0 radical (unpaired) electrons. The third-order valence-electron chi connectivity index (χ3n) is 8.25. The van der Waals surface area contributed by atoms with E-state index in [1.165, 1.54) is 6.07 Å². The Balaban J connectivity index is 1.53. The first-order valence-corrected chi connectivity index (χ1v) is 18.7. The summed E-state index contributed by atoms with van der Waals surface area (Å²) < 4.78 is 40.3. The van der Waals surface area contributed by atoms with Crippen LogP contribution in [0.1, 0.15) is 43.0 Å². The lowest BCUT2D eigenvalue weighted by molar-refractivity contribution is -0.149. The van der Waals surface area contributed by atoms with Crippen LogP contribution in [0, 0.1) is 37.9 Å². The quantitative estimate of drug-likeness (QED) is 0.124. The van der Waals surface area contributed by atoms with Crippen molar-refractivity contribution in [2.24, 2.45) is 11.3 Å². The summed E-state index contributed by atoms with van der Waals surface area (Å²) in [7, 11) is -4.72. The van der Waals surface area contributed by atoms with Gasteiger partial charge in [0.1, 0.15) is 19.7 Å². The first-order chi connectivity index (χ1) is 21.3. The highest BCUT2D eigenvalue weighted by molar-refractivity contribution is 7.44. The minimum atomic E-state index is -2.38. The van der Waals surface area contributed by atoms with Crippen LogP contribution in [0.25, 0.3) is 11.1 Å². The van der Waals surface area contributed by atoms with Crippen molar-refractivity contribution in [3.63, 3.8) is 0 Å². The molecule has 0 saturated heterocycles. The highest BCUT2D eigenvalue weighted by atomic mass is 31.1. The Morgan fingerprint density at radius 2 is 1.49 bits per heavy atom. The number of benzene rings is 4. The molecule has 0 bridgehead atoms. The molecule has 3 atom stereocenters. The van der Waals surface area contributed by atoms with E-state index in [0.29, 0.717) is 5.56 Å². The molecule has 2 unspecified atom stereocenters. The Hall–Kier alpha value is -3.35. The standard InChI is InChI=1S/C37H44FO5PSi/c1-25-19-26(2)32(31(20-25)28-17-18-34(38)27(3)21-28)22-42-24-44(41)23-33(37(4,5)6)35(36(39)40)43-45(29-13-9-7-10-14-29)30-15-11-8-12-16-30/h7-21,33,35,44-45H,22-24H2,1-6H3,(H,39,40)/t33-,35?/m1/s1. The predicted octanol–water partition coefficient (Wildman–Crippen LogP) is 7.12. The first kappa shape index (κ1) is 34.5. The van der Waals surface area contributed by atoms with E-state index in [1.807, 2.05) is 101 Å². The van der Waals surface area contributed by atoms with Gasteiger partial charge >= 0.3 is 5.97 Å². The zero-order chi connectivity index (χ0) is 32.7. The maximum absolute atomic E-state index is 14.0. The maximum Gasteiger partial charge on any atom is 0.331 e. The van der Waals surface area contributed by atoms with Crippen LogP contribution in [0.5, 0.6) is 0 Å². The van der Waals surface area contributed by atoms with Gasteiger partial charge < -0.3 is 18.8 Å². The zero-order valence-corrected chi connectivity index (χ0v) is 29.1. The minimum Gasteiger partial charge on any atom is -0.479 e. The monoisotopic (exact) mass is 646 g/mol. The number of hydrogen-bond donors (Lipinski definition) is 1. The van der Waals surface area contributed by atoms with Crippen LogP contribution >= 0.6 is 7.80 Å². The van der Waals surface area contributed by atoms with Crippen molar-refractivity contribution in [1.29, 1.82) is 0 Å². The van der Waals surface area contributed by atoms with Crippen molar-refractivity contribution in [3.8, 4) is 11.1 Å². The Bertz CT molecular complexity index is 1580. The largest absolute Gasteiger partial charge is 0.479 e. The van der Waals surface area contributed by atoms with Gasteiger partial charge in [-0.05, 0) is 76.5 Å². The SMILES string of the molecule is Cc1cc(C)c(COC[PH](=O)C[C@H](C(O[SiH](c2ccccc2)c2ccccc2)C(=O)O)C(C)(C)C)c(-c2ccc(F)c(C)c2)c1. The molecule has 0 aliphatic rings. The van der Waals surface area contributed by atoms with Crippen molar-refractivity contribution in [3.05, 3.63) is 119 Å². The molecule has 0 heterocycles. The number of hydrogen-bond acceptors (Lipinski definition) is 4. The predicted molar refractivity (Wildman–Crippen MR) is 184 cm³/mol. The second kappa shape index (κ2) is 15.3. The Kier molecular flexibility index (Phi) is 11.7. The van der Waals surface area contributed by atoms with E-state index in [0.717, 1.165) is 38.2 Å². The number of carboxylic acid groups (broad SMARTS) is 1. The Morgan fingerprint density at radius 1 is 0.889 bits per heavy atom. The second-order valence-corrected chi connectivity index (χ2v) is 17.0. The molecule has 4 aromatic carbocycles. The number of carbonyl (C=O) groups is 1. The molecule has 0 saturated carbocycles. The fourth-order valence-electron chi connectivity index (χ4n) is 5.77. The van der Waals surface area contributed by atoms with Crippen LogP contribution in [0.2, 0.25) is 0 Å². The van der Waals surface area contributed by atoms with Gasteiger partial charge in [0.25, 0.3) is 0 Å². The average Bonchev–Trinajstić information content (AvgIpc) is 2.99. The third-order valence-corrected chi connectivity index (χ3v) is 12.2. The molecular weight excluding hydrogens is 602 g/mol. The molecule has 0 amide bonds. The molecule has 8 heteroatoms. The van der Waals surface area contributed by atoms with E-state index in [-0.39, 0.29) is 24.9 Å². The van der Waals surface area contributed by atoms with Crippen LogP contribution in [-0.2, 0) is 25.1 Å². The first-order valence-electron chi connectivity index (χ1n) is 15.3. The molecule has 0 aliphatic carbocycles. The summed E-state index contributed by atoms with van der Waals surface area (Å²) in [4.78, 5) is 12.8. The van der Waals surface area contributed by atoms with Crippen LogP contribution in [0.15, 0.2) is 91.0 Å². The number of rotatable bonds is 13. The lowest BCUT2D eigenvalue weighted by Gasteiger charge is -2.36. The average molecular weight is 647 g/mol. The molecule has 5 nitrogen and oxygen atoms in total. The van der Waals surface area contributed by atoms with Crippen molar-refractivity contribution < 1.29 is 28.0 Å². The van der Waals surface area contributed by atoms with E-state index < -0.39 is 40.2 Å². The normalized spacial score (nSPS) is 13.9. The van der Waals surface area contributed by atoms with Gasteiger partial charge in [0.05, 0.1) is 13.0 Å². The van der Waals surface area contributed by atoms with E-state index in [2.05, 4.69) is 12.1 Å². The molecule has 4 rings (SSSR count). The van der Waals surface area contributed by atoms with Crippen LogP contribution in [0.3, 0.4) is 0 Å². The third kappa shape index (κ3) is 9.11. The molecule has 238 valence electrons. The molecule has 0 fully saturated rings. The summed E-state index contributed by atoms with van der Waals surface area (Å²) in [6.45, 7) is 11.9. The van der Waals surface area contributed by atoms with Crippen LogP contribution in [-0.4, -0.2) is 38.7 Å². The van der Waals surface area contributed by atoms with E-state index >= 15 is 0 Å². The van der Waals surface area contributed by atoms with Crippen molar-refractivity contribution in [2.45, 2.75) is 54.3 Å². The van der Waals surface area contributed by atoms with E-state index in [4.69, 9.17) is 9.16 Å². The molecule has 4 aromatic rings. The Morgan fingerprint density at radius 3 is 2.02 bits per heavy atom. The summed E-state index contributed by atoms with van der Waals surface area (Å²) in [6, 6.07) is 28.8. The fourth-order valence-corrected chi connectivity index (χ4v) is 9.98. The molecular formula is C37H44FO5PSi. The molecule has 0 aromatic heterocycles. The van der Waals surface area contributed by atoms with E-state index in [9.17, 15) is 18.9 Å². The lowest BCUT2D eigenvalue weighted by atomic mass is 9.78. The fraction of sp³-hybridized carbons (Fsp3) is 0.324. The molecule has 0 aliphatic heterocycles. The highest BCUT2D eigenvalue weighted by Crippen LogP contribution is 2.39. The topological polar surface area (TPSA) is 72.8 Å². The summed E-state index contributed by atoms with van der Waals surface area (Å²) in [5.74, 6) is -1.81. The van der Waals surface area contributed by atoms with Crippen LogP contribution < -0.4 is 10.4 Å². The van der Waals surface area contributed by atoms with Gasteiger partial charge in [0.2, 0.25) is 9.04 Å². The smallest absolute Gasteiger partial charge is 0.331 e. The minimum absolute atomic E-state index is 0.0248. The van der Waals surface area contributed by atoms with Gasteiger partial charge in [0, 0.05) is 12.1 Å². The molecule has 0 spiro atoms. The summed E-state index contributed by atoms with van der Waals surface area (Å²) in [5.41, 5.74) is 5.02. The van der Waals surface area contributed by atoms with Gasteiger partial charge in [0.15, 0.2) is 0 Å². The van der Waals surface area contributed by atoms with Gasteiger partial charge in [-0.1, -0.05) is 105 Å². The molecule has 1 N–H and O–H groups in total. The number of halogens is 1. The van der Waals surface area contributed by atoms with Gasteiger partial charge in [-0.15, -0.1) is 0 Å². The second-order valence-electron chi connectivity index (χ2n) is 12.9. The van der Waals surface area contributed by atoms with Crippen molar-refractivity contribution in [2.75, 3.05) is 12.5 Å². The summed E-state index contributed by atoms with van der Waals surface area (Å²) in [6.07, 6.45) is -0.923.